The van der Waals surface area contributed by atoms with E-state index < -0.39 is 33.9 Å². The van der Waals surface area contributed by atoms with E-state index in [0.717, 1.165) is 5.56 Å². The van der Waals surface area contributed by atoms with E-state index in [2.05, 4.69) is 0 Å². The molecule has 6 heteroatoms. The fourth-order valence-electron chi connectivity index (χ4n) is 3.14. The molecule has 2 heterocycles. The van der Waals surface area contributed by atoms with Crippen molar-refractivity contribution in [2.45, 2.75) is 35.1 Å². The van der Waals surface area contributed by atoms with Gasteiger partial charge in [0.1, 0.15) is 11.5 Å². The lowest BCUT2D eigenvalue weighted by atomic mass is 9.92. The Hall–Kier alpha value is -2.02. The lowest BCUT2D eigenvalue weighted by Crippen LogP contribution is -2.63. The van der Waals surface area contributed by atoms with Crippen LogP contribution in [-0.4, -0.2) is 33.9 Å². The number of esters is 1. The van der Waals surface area contributed by atoms with E-state index in [4.69, 9.17) is 14.2 Å². The summed E-state index contributed by atoms with van der Waals surface area (Å²) >= 11 is 0. The van der Waals surface area contributed by atoms with Crippen LogP contribution in [0.1, 0.15) is 12.0 Å². The van der Waals surface area contributed by atoms with E-state index in [1.165, 1.54) is 0 Å². The quantitative estimate of drug-likeness (QED) is 0.742. The molecule has 2 aromatic rings. The predicted molar refractivity (Wildman–Crippen MR) is 91.0 cm³/mol. The standard InChI is InChI=1S/C19H18O5S/c20-18-19(13-22-12-14-7-3-1-4-8-14)16(23-18)11-17(24-19)25(21)15-9-5-2-6-10-15/h1-10,16-17H,11-13H2/t16-,17+,19+,25+/m0/s1. The number of ether oxygens (including phenoxy) is 3. The topological polar surface area (TPSA) is 61.8 Å². The monoisotopic (exact) mass is 358 g/mol. The van der Waals surface area contributed by atoms with E-state index in [-0.39, 0.29) is 6.61 Å². The molecule has 0 aliphatic carbocycles. The van der Waals surface area contributed by atoms with Gasteiger partial charge in [0.2, 0.25) is 5.60 Å². The zero-order valence-corrected chi connectivity index (χ0v) is 14.3. The summed E-state index contributed by atoms with van der Waals surface area (Å²) < 4.78 is 29.5. The van der Waals surface area contributed by atoms with Gasteiger partial charge in [-0.05, 0) is 17.7 Å². The highest BCUT2D eigenvalue weighted by Crippen LogP contribution is 2.44. The highest BCUT2D eigenvalue weighted by atomic mass is 32.2. The molecule has 0 spiro atoms. The summed E-state index contributed by atoms with van der Waals surface area (Å²) in [5, 5.41) is 0. The third kappa shape index (κ3) is 3.01. The van der Waals surface area contributed by atoms with Crippen LogP contribution in [0.15, 0.2) is 65.6 Å². The third-order valence-corrected chi connectivity index (χ3v) is 6.01. The Morgan fingerprint density at radius 2 is 1.76 bits per heavy atom. The van der Waals surface area contributed by atoms with Crippen molar-refractivity contribution >= 4 is 16.8 Å². The fourth-order valence-corrected chi connectivity index (χ4v) is 4.47. The van der Waals surface area contributed by atoms with Gasteiger partial charge in [-0.3, -0.25) is 4.21 Å². The molecule has 2 saturated heterocycles. The molecule has 2 aliphatic heterocycles. The van der Waals surface area contributed by atoms with Gasteiger partial charge in [0.25, 0.3) is 0 Å². The third-order valence-electron chi connectivity index (χ3n) is 4.51. The van der Waals surface area contributed by atoms with Crippen LogP contribution in [0.3, 0.4) is 0 Å². The van der Waals surface area contributed by atoms with Crippen LogP contribution in [0.25, 0.3) is 0 Å². The summed E-state index contributed by atoms with van der Waals surface area (Å²) in [7, 11) is -1.35. The molecule has 0 bridgehead atoms. The average Bonchev–Trinajstić information content (AvgIpc) is 2.96. The molecule has 0 saturated carbocycles. The fraction of sp³-hybridized carbons (Fsp3) is 0.316. The molecular formula is C19H18O5S. The lowest BCUT2D eigenvalue weighted by molar-refractivity contribution is -0.230. The summed E-state index contributed by atoms with van der Waals surface area (Å²) in [5.74, 6) is -0.432. The molecule has 0 N–H and O–H groups in total. The van der Waals surface area contributed by atoms with Crippen molar-refractivity contribution in [1.82, 2.24) is 0 Å². The van der Waals surface area contributed by atoms with Crippen molar-refractivity contribution in [3.05, 3.63) is 66.2 Å². The van der Waals surface area contributed by atoms with Crippen LogP contribution in [0.4, 0.5) is 0 Å². The minimum absolute atomic E-state index is 0.105. The second kappa shape index (κ2) is 6.71. The average molecular weight is 358 g/mol. The van der Waals surface area contributed by atoms with Crippen molar-refractivity contribution in [3.8, 4) is 0 Å². The molecule has 0 unspecified atom stereocenters. The Balaban J connectivity index is 1.42. The van der Waals surface area contributed by atoms with Crippen molar-refractivity contribution in [2.75, 3.05) is 6.61 Å². The Morgan fingerprint density at radius 1 is 1.08 bits per heavy atom. The van der Waals surface area contributed by atoms with Crippen molar-refractivity contribution in [1.29, 1.82) is 0 Å². The highest BCUT2D eigenvalue weighted by Gasteiger charge is 2.66. The van der Waals surface area contributed by atoms with Gasteiger partial charge in [-0.1, -0.05) is 48.5 Å². The van der Waals surface area contributed by atoms with Gasteiger partial charge in [-0.25, -0.2) is 4.79 Å². The smallest absolute Gasteiger partial charge is 0.345 e. The molecule has 0 aromatic heterocycles. The first-order valence-corrected chi connectivity index (χ1v) is 9.36. The minimum atomic E-state index is -1.35. The second-order valence-electron chi connectivity index (χ2n) is 6.16. The lowest BCUT2D eigenvalue weighted by Gasteiger charge is -2.40. The number of carbonyl (C=O) groups excluding carboxylic acids is 1. The predicted octanol–water partition coefficient (Wildman–Crippen LogP) is 2.42. The SMILES string of the molecule is O=C1O[C@H]2C[C@@H]([S@](=O)c3ccccc3)O[C@@]12COCc1ccccc1. The normalized spacial score (nSPS) is 28.7. The van der Waals surface area contributed by atoms with E-state index in [1.54, 1.807) is 12.1 Å². The molecule has 4 atom stereocenters. The maximum atomic E-state index is 12.7. The van der Waals surface area contributed by atoms with E-state index in [1.807, 2.05) is 48.5 Å². The Kier molecular flexibility index (Phi) is 4.41. The summed E-state index contributed by atoms with van der Waals surface area (Å²) in [6.07, 6.45) is 0.0236. The van der Waals surface area contributed by atoms with Crippen molar-refractivity contribution < 1.29 is 23.2 Å². The first-order chi connectivity index (χ1) is 12.2. The molecule has 2 aromatic carbocycles. The Labute approximate surface area is 148 Å². The number of rotatable bonds is 6. The minimum Gasteiger partial charge on any atom is -0.456 e. The largest absolute Gasteiger partial charge is 0.456 e. The summed E-state index contributed by atoms with van der Waals surface area (Å²) in [4.78, 5) is 12.7. The molecule has 130 valence electrons. The number of hydrogen-bond donors (Lipinski definition) is 0. The highest BCUT2D eigenvalue weighted by molar-refractivity contribution is 7.85. The number of hydrogen-bond acceptors (Lipinski definition) is 5. The first-order valence-electron chi connectivity index (χ1n) is 8.15. The molecule has 5 nitrogen and oxygen atoms in total. The summed E-state index contributed by atoms with van der Waals surface area (Å²) in [5.41, 5.74) is -0.672. The van der Waals surface area contributed by atoms with E-state index in [9.17, 15) is 9.00 Å². The molecule has 4 rings (SSSR count). The van der Waals surface area contributed by atoms with Crippen LogP contribution in [-0.2, 0) is 36.4 Å². The first kappa shape index (κ1) is 16.4. The molecule has 25 heavy (non-hydrogen) atoms. The Bertz CT molecular complexity index is 779. The van der Waals surface area contributed by atoms with Gasteiger partial charge in [0.05, 0.1) is 24.0 Å². The molecular weight excluding hydrogens is 340 g/mol. The van der Waals surface area contributed by atoms with E-state index >= 15 is 0 Å². The number of benzene rings is 2. The van der Waals surface area contributed by atoms with Gasteiger partial charge in [0.15, 0.2) is 0 Å². The molecule has 2 aliphatic rings. The number of carbonyl (C=O) groups is 1. The van der Waals surface area contributed by atoms with Crippen LogP contribution in [0, 0.1) is 0 Å². The summed E-state index contributed by atoms with van der Waals surface area (Å²) in [6, 6.07) is 18.8. The van der Waals surface area contributed by atoms with Gasteiger partial charge in [0, 0.05) is 11.3 Å². The molecule has 0 radical (unpaired) electrons. The van der Waals surface area contributed by atoms with Crippen LogP contribution in [0.5, 0.6) is 0 Å². The van der Waals surface area contributed by atoms with E-state index in [0.29, 0.717) is 17.9 Å². The van der Waals surface area contributed by atoms with Gasteiger partial charge >= 0.3 is 5.97 Å². The number of fused-ring (bicyclic) bond motifs is 1. The van der Waals surface area contributed by atoms with Crippen molar-refractivity contribution in [2.24, 2.45) is 0 Å². The maximum Gasteiger partial charge on any atom is 0.345 e. The summed E-state index contributed by atoms with van der Waals surface area (Å²) in [6.45, 7) is 0.492. The maximum absolute atomic E-state index is 12.7. The van der Waals surface area contributed by atoms with Gasteiger partial charge in [-0.15, -0.1) is 0 Å². The molecule has 2 fully saturated rings. The van der Waals surface area contributed by atoms with Gasteiger partial charge < -0.3 is 14.2 Å². The van der Waals surface area contributed by atoms with Crippen LogP contribution in [0.2, 0.25) is 0 Å². The second-order valence-corrected chi connectivity index (χ2v) is 7.75. The zero-order valence-electron chi connectivity index (χ0n) is 13.5. The van der Waals surface area contributed by atoms with Crippen molar-refractivity contribution in [3.63, 3.8) is 0 Å². The zero-order chi connectivity index (χ0) is 17.3. The van der Waals surface area contributed by atoms with Gasteiger partial charge in [-0.2, -0.15) is 0 Å². The van der Waals surface area contributed by atoms with Crippen LogP contribution < -0.4 is 0 Å². The van der Waals surface area contributed by atoms with Crippen LogP contribution >= 0.6 is 0 Å². The Morgan fingerprint density at radius 3 is 2.44 bits per heavy atom. The molecule has 0 amide bonds.